The molecule has 0 saturated carbocycles. The molecule has 0 aliphatic carbocycles. The van der Waals surface area contributed by atoms with Gasteiger partial charge in [0.2, 0.25) is 0 Å². The van der Waals surface area contributed by atoms with E-state index < -0.39 is 5.63 Å². The number of thiazole rings is 1. The van der Waals surface area contributed by atoms with Gasteiger partial charge in [-0.1, -0.05) is 36.4 Å². The second-order valence-electron chi connectivity index (χ2n) is 7.47. The molecular weight excluding hydrogens is 448 g/mol. The highest BCUT2D eigenvalue weighted by Gasteiger charge is 2.15. The number of nitriles is 1. The summed E-state index contributed by atoms with van der Waals surface area (Å²) in [5.74, 6) is 1.17. The first kappa shape index (κ1) is 21.4. The average molecular weight is 467 g/mol. The van der Waals surface area contributed by atoms with E-state index in [2.05, 4.69) is 11.1 Å². The Morgan fingerprint density at radius 2 is 1.85 bits per heavy atom. The molecule has 3 aromatic carbocycles. The summed E-state index contributed by atoms with van der Waals surface area (Å²) >= 11 is 1.29. The molecule has 0 saturated heterocycles. The quantitative estimate of drug-likeness (QED) is 0.175. The van der Waals surface area contributed by atoms with Crippen molar-refractivity contribution < 1.29 is 13.9 Å². The van der Waals surface area contributed by atoms with Crippen LogP contribution >= 0.6 is 11.3 Å². The molecule has 0 aliphatic rings. The molecule has 7 heteroatoms. The number of ether oxygens (including phenoxy) is 2. The first-order valence-corrected chi connectivity index (χ1v) is 11.2. The van der Waals surface area contributed by atoms with Gasteiger partial charge in [-0.05, 0) is 46.7 Å². The lowest BCUT2D eigenvalue weighted by atomic mass is 10.0. The van der Waals surface area contributed by atoms with Gasteiger partial charge in [0.25, 0.3) is 0 Å². The zero-order chi connectivity index (χ0) is 23.7. The second kappa shape index (κ2) is 8.85. The number of rotatable bonds is 5. The van der Waals surface area contributed by atoms with Crippen LogP contribution in [0.5, 0.6) is 11.5 Å². The highest BCUT2D eigenvalue weighted by atomic mass is 32.1. The number of hydrogen-bond donors (Lipinski definition) is 0. The number of benzene rings is 3. The van der Waals surface area contributed by atoms with Gasteiger partial charge in [0.05, 0.1) is 31.1 Å². The van der Waals surface area contributed by atoms with Gasteiger partial charge in [0, 0.05) is 10.8 Å². The third-order valence-electron chi connectivity index (χ3n) is 5.49. The van der Waals surface area contributed by atoms with Crippen LogP contribution in [0.3, 0.4) is 0 Å². The van der Waals surface area contributed by atoms with Crippen LogP contribution in [0, 0.1) is 11.3 Å². The molecule has 34 heavy (non-hydrogen) atoms. The maximum absolute atomic E-state index is 12.7. The Balaban J connectivity index is 1.57. The first-order chi connectivity index (χ1) is 16.6. The first-order valence-electron chi connectivity index (χ1n) is 10.4. The lowest BCUT2D eigenvalue weighted by Gasteiger charge is -2.07. The Labute approximate surface area is 198 Å². The fraction of sp³-hybridized carbons (Fsp3) is 0.0741. The molecule has 0 N–H and O–H groups in total. The van der Waals surface area contributed by atoms with E-state index in [1.165, 1.54) is 11.3 Å². The Kier molecular flexibility index (Phi) is 5.58. The summed E-state index contributed by atoms with van der Waals surface area (Å²) in [6, 6.07) is 21.1. The third-order valence-corrected chi connectivity index (χ3v) is 6.37. The van der Waals surface area contributed by atoms with Crippen LogP contribution in [-0.2, 0) is 0 Å². The highest BCUT2D eigenvalue weighted by Crippen LogP contribution is 2.32. The molecule has 0 aliphatic heterocycles. The fourth-order valence-corrected chi connectivity index (χ4v) is 4.61. The Bertz CT molecular complexity index is 1670. The lowest BCUT2D eigenvalue weighted by molar-refractivity contribution is 0.355. The monoisotopic (exact) mass is 466 g/mol. The van der Waals surface area contributed by atoms with E-state index in [-0.39, 0.29) is 0 Å². The number of methoxy groups -OCH3 is 2. The normalized spacial score (nSPS) is 11.5. The van der Waals surface area contributed by atoms with Gasteiger partial charge >= 0.3 is 5.63 Å². The molecule has 0 amide bonds. The summed E-state index contributed by atoms with van der Waals surface area (Å²) in [6.45, 7) is 0. The van der Waals surface area contributed by atoms with Crippen molar-refractivity contribution in [3.63, 3.8) is 0 Å². The maximum Gasteiger partial charge on any atom is 0.345 e. The van der Waals surface area contributed by atoms with Crippen molar-refractivity contribution in [2.45, 2.75) is 0 Å². The van der Waals surface area contributed by atoms with Crippen LogP contribution < -0.4 is 15.1 Å². The number of aromatic nitrogens is 1. The van der Waals surface area contributed by atoms with Crippen molar-refractivity contribution >= 4 is 44.7 Å². The number of allylic oxidation sites excluding steroid dienone is 1. The summed E-state index contributed by atoms with van der Waals surface area (Å²) in [5.41, 5.74) is 2.02. The topological polar surface area (TPSA) is 85.4 Å². The molecule has 0 spiro atoms. The highest BCUT2D eigenvalue weighted by molar-refractivity contribution is 7.11. The molecule has 6 nitrogen and oxygen atoms in total. The summed E-state index contributed by atoms with van der Waals surface area (Å²) in [7, 11) is 3.12. The molecule has 2 heterocycles. The van der Waals surface area contributed by atoms with Crippen molar-refractivity contribution in [3.8, 4) is 28.8 Å². The van der Waals surface area contributed by atoms with Crippen molar-refractivity contribution in [2.75, 3.05) is 14.2 Å². The van der Waals surface area contributed by atoms with Crippen LogP contribution in [-0.4, -0.2) is 19.2 Å². The van der Waals surface area contributed by atoms with Crippen LogP contribution in [0.1, 0.15) is 10.6 Å². The van der Waals surface area contributed by atoms with Crippen LogP contribution in [0.25, 0.3) is 44.6 Å². The standard InChI is InChI=1S/C27H18N2O4S/c1-31-24-9-7-16(12-25(24)32-2)11-18(14-28)26-29-22(15-34-26)21-13-20-19-6-4-3-5-17(19)8-10-23(20)33-27(21)30/h3-13,15H,1-2H3. The minimum Gasteiger partial charge on any atom is -0.493 e. The second-order valence-corrected chi connectivity index (χ2v) is 8.33. The van der Waals surface area contributed by atoms with E-state index in [1.54, 1.807) is 43.9 Å². The summed E-state index contributed by atoms with van der Waals surface area (Å²) in [4.78, 5) is 17.3. The molecule has 5 rings (SSSR count). The predicted octanol–water partition coefficient (Wildman–Crippen LogP) is 6.15. The smallest absolute Gasteiger partial charge is 0.345 e. The van der Waals surface area contributed by atoms with E-state index in [4.69, 9.17) is 13.9 Å². The Morgan fingerprint density at radius 3 is 2.65 bits per heavy atom. The molecular formula is C27H18N2O4S. The van der Waals surface area contributed by atoms with Gasteiger partial charge in [-0.15, -0.1) is 11.3 Å². The molecule has 0 radical (unpaired) electrons. The van der Waals surface area contributed by atoms with Crippen molar-refractivity contribution in [3.05, 3.63) is 87.0 Å². The van der Waals surface area contributed by atoms with Crippen molar-refractivity contribution in [1.29, 1.82) is 5.26 Å². The lowest BCUT2D eigenvalue weighted by Crippen LogP contribution is -2.03. The number of hydrogen-bond acceptors (Lipinski definition) is 7. The summed E-state index contributed by atoms with van der Waals surface area (Å²) < 4.78 is 16.2. The van der Waals surface area contributed by atoms with Crippen LogP contribution in [0.2, 0.25) is 0 Å². The fourth-order valence-electron chi connectivity index (χ4n) is 3.82. The molecule has 0 fully saturated rings. The SMILES string of the molecule is COc1ccc(C=C(C#N)c2nc(-c3cc4c(ccc5ccccc54)oc3=O)cs2)cc1OC. The van der Waals surface area contributed by atoms with Gasteiger partial charge in [-0.25, -0.2) is 9.78 Å². The molecule has 166 valence electrons. The Morgan fingerprint density at radius 1 is 1.03 bits per heavy atom. The van der Waals surface area contributed by atoms with Gasteiger partial charge in [-0.3, -0.25) is 0 Å². The van der Waals surface area contributed by atoms with Gasteiger partial charge in [-0.2, -0.15) is 5.26 Å². The summed E-state index contributed by atoms with van der Waals surface area (Å²) in [6.07, 6.45) is 1.72. The van der Waals surface area contributed by atoms with Gasteiger partial charge in [0.1, 0.15) is 16.7 Å². The maximum atomic E-state index is 12.7. The Hall–Kier alpha value is -4.41. The van der Waals surface area contributed by atoms with Gasteiger partial charge < -0.3 is 13.9 Å². The number of fused-ring (bicyclic) bond motifs is 3. The van der Waals surface area contributed by atoms with Crippen LogP contribution in [0.4, 0.5) is 0 Å². The molecule has 0 bridgehead atoms. The minimum absolute atomic E-state index is 0.356. The number of nitrogens with zero attached hydrogens (tertiary/aromatic N) is 2. The minimum atomic E-state index is -0.470. The molecule has 2 aromatic heterocycles. The largest absolute Gasteiger partial charge is 0.493 e. The van der Waals surface area contributed by atoms with E-state index in [0.717, 1.165) is 21.7 Å². The summed E-state index contributed by atoms with van der Waals surface area (Å²) in [5, 5.41) is 14.9. The molecule has 0 atom stereocenters. The van der Waals surface area contributed by atoms with E-state index in [1.807, 2.05) is 42.5 Å². The molecule has 0 unspecified atom stereocenters. The van der Waals surface area contributed by atoms with Crippen molar-refractivity contribution in [1.82, 2.24) is 4.98 Å². The third kappa shape index (κ3) is 3.81. The van der Waals surface area contributed by atoms with E-state index in [0.29, 0.717) is 38.9 Å². The zero-order valence-electron chi connectivity index (χ0n) is 18.4. The predicted molar refractivity (Wildman–Crippen MR) is 134 cm³/mol. The molecule has 5 aromatic rings. The van der Waals surface area contributed by atoms with Crippen LogP contribution in [0.15, 0.2) is 75.3 Å². The van der Waals surface area contributed by atoms with Crippen molar-refractivity contribution in [2.24, 2.45) is 0 Å². The van der Waals surface area contributed by atoms with E-state index >= 15 is 0 Å². The average Bonchev–Trinajstić information content (AvgIpc) is 3.36. The zero-order valence-corrected chi connectivity index (χ0v) is 19.2. The van der Waals surface area contributed by atoms with Gasteiger partial charge in [0.15, 0.2) is 11.5 Å². The van der Waals surface area contributed by atoms with E-state index in [9.17, 15) is 10.1 Å².